The highest BCUT2D eigenvalue weighted by molar-refractivity contribution is 5.81. The number of rotatable bonds is 3. The molecule has 0 bridgehead atoms. The van der Waals surface area contributed by atoms with Gasteiger partial charge in [-0.15, -0.1) is 0 Å². The standard InChI is InChI=1S/C16H25N3O/c1-4-14(17)16(20)19-10-8-18(9-11-19)15-7-5-6-12(2)13(15)3/h5-7,14H,4,8-11,17H2,1-3H3. The largest absolute Gasteiger partial charge is 0.368 e. The fourth-order valence-electron chi connectivity index (χ4n) is 2.66. The first kappa shape index (κ1) is 14.9. The highest BCUT2D eigenvalue weighted by Crippen LogP contribution is 2.23. The molecule has 2 rings (SSSR count). The quantitative estimate of drug-likeness (QED) is 0.913. The summed E-state index contributed by atoms with van der Waals surface area (Å²) >= 11 is 0. The molecule has 2 N–H and O–H groups in total. The zero-order valence-electron chi connectivity index (χ0n) is 12.7. The number of anilines is 1. The van der Waals surface area contributed by atoms with E-state index < -0.39 is 0 Å². The van der Waals surface area contributed by atoms with Crippen LogP contribution in [0.3, 0.4) is 0 Å². The van der Waals surface area contributed by atoms with Crippen LogP contribution in [0, 0.1) is 13.8 Å². The molecule has 0 saturated carbocycles. The zero-order chi connectivity index (χ0) is 14.7. The monoisotopic (exact) mass is 275 g/mol. The molecule has 1 aromatic carbocycles. The number of aryl methyl sites for hydroxylation is 1. The Labute approximate surface area is 121 Å². The SMILES string of the molecule is CCC(N)C(=O)N1CCN(c2cccc(C)c2C)CC1. The second-order valence-corrected chi connectivity index (χ2v) is 5.55. The minimum atomic E-state index is -0.345. The highest BCUT2D eigenvalue weighted by Gasteiger charge is 2.24. The van der Waals surface area contributed by atoms with E-state index in [1.165, 1.54) is 16.8 Å². The van der Waals surface area contributed by atoms with Gasteiger partial charge in [0.1, 0.15) is 0 Å². The number of nitrogens with zero attached hydrogens (tertiary/aromatic N) is 2. The van der Waals surface area contributed by atoms with Crippen molar-refractivity contribution in [2.75, 3.05) is 31.1 Å². The third-order valence-electron chi connectivity index (χ3n) is 4.27. The van der Waals surface area contributed by atoms with Crippen LogP contribution >= 0.6 is 0 Å². The van der Waals surface area contributed by atoms with Crippen LogP contribution in [-0.2, 0) is 4.79 Å². The molecule has 4 nitrogen and oxygen atoms in total. The molecule has 1 aliphatic heterocycles. The lowest BCUT2D eigenvalue weighted by atomic mass is 10.1. The van der Waals surface area contributed by atoms with Crippen molar-refractivity contribution >= 4 is 11.6 Å². The summed E-state index contributed by atoms with van der Waals surface area (Å²) in [5, 5.41) is 0. The Balaban J connectivity index is 2.01. The Morgan fingerprint density at radius 3 is 2.50 bits per heavy atom. The van der Waals surface area contributed by atoms with Crippen LogP contribution in [0.25, 0.3) is 0 Å². The fourth-order valence-corrected chi connectivity index (χ4v) is 2.66. The Kier molecular flexibility index (Phi) is 4.65. The first-order valence-corrected chi connectivity index (χ1v) is 7.40. The Hall–Kier alpha value is -1.55. The average Bonchev–Trinajstić information content (AvgIpc) is 2.48. The first-order chi connectivity index (χ1) is 9.54. The van der Waals surface area contributed by atoms with Gasteiger partial charge in [0.2, 0.25) is 5.91 Å². The van der Waals surface area contributed by atoms with Crippen LogP contribution in [0.5, 0.6) is 0 Å². The summed E-state index contributed by atoms with van der Waals surface area (Å²) in [6.07, 6.45) is 0.704. The number of piperazine rings is 1. The van der Waals surface area contributed by atoms with Gasteiger partial charge in [0, 0.05) is 31.9 Å². The van der Waals surface area contributed by atoms with Gasteiger partial charge in [-0.05, 0) is 37.5 Å². The third-order valence-corrected chi connectivity index (χ3v) is 4.27. The molecule has 1 unspecified atom stereocenters. The number of carbonyl (C=O) groups is 1. The molecular formula is C16H25N3O. The summed E-state index contributed by atoms with van der Waals surface area (Å²) in [6.45, 7) is 9.54. The summed E-state index contributed by atoms with van der Waals surface area (Å²) < 4.78 is 0. The van der Waals surface area contributed by atoms with Crippen molar-refractivity contribution in [3.05, 3.63) is 29.3 Å². The van der Waals surface area contributed by atoms with Crippen LogP contribution in [0.4, 0.5) is 5.69 Å². The number of hydrogen-bond donors (Lipinski definition) is 1. The van der Waals surface area contributed by atoms with Crippen molar-refractivity contribution < 1.29 is 4.79 Å². The number of benzene rings is 1. The van der Waals surface area contributed by atoms with E-state index in [4.69, 9.17) is 5.73 Å². The van der Waals surface area contributed by atoms with Crippen LogP contribution in [0.15, 0.2) is 18.2 Å². The van der Waals surface area contributed by atoms with Crippen molar-refractivity contribution in [2.45, 2.75) is 33.2 Å². The molecule has 0 aliphatic carbocycles. The van der Waals surface area contributed by atoms with Crippen molar-refractivity contribution in [3.8, 4) is 0 Å². The third kappa shape index (κ3) is 2.96. The normalized spacial score (nSPS) is 17.2. The highest BCUT2D eigenvalue weighted by atomic mass is 16.2. The molecule has 1 aromatic rings. The Morgan fingerprint density at radius 2 is 1.90 bits per heavy atom. The summed E-state index contributed by atoms with van der Waals surface area (Å²) in [5.74, 6) is 0.0908. The summed E-state index contributed by atoms with van der Waals surface area (Å²) in [6, 6.07) is 6.06. The summed E-state index contributed by atoms with van der Waals surface area (Å²) in [5.41, 5.74) is 9.77. The molecule has 0 radical (unpaired) electrons. The van der Waals surface area contributed by atoms with Crippen molar-refractivity contribution in [1.29, 1.82) is 0 Å². The van der Waals surface area contributed by atoms with E-state index in [-0.39, 0.29) is 11.9 Å². The van der Waals surface area contributed by atoms with Crippen LogP contribution in [0.2, 0.25) is 0 Å². The van der Waals surface area contributed by atoms with E-state index >= 15 is 0 Å². The average molecular weight is 275 g/mol. The van der Waals surface area contributed by atoms with E-state index in [0.29, 0.717) is 6.42 Å². The van der Waals surface area contributed by atoms with E-state index in [0.717, 1.165) is 26.2 Å². The second kappa shape index (κ2) is 6.27. The second-order valence-electron chi connectivity index (χ2n) is 5.55. The number of hydrogen-bond acceptors (Lipinski definition) is 3. The molecule has 1 fully saturated rings. The first-order valence-electron chi connectivity index (χ1n) is 7.40. The lowest BCUT2D eigenvalue weighted by Crippen LogP contribution is -2.53. The molecule has 0 spiro atoms. The number of carbonyl (C=O) groups excluding carboxylic acids is 1. The lowest BCUT2D eigenvalue weighted by molar-refractivity contribution is -0.132. The number of nitrogens with two attached hydrogens (primary N) is 1. The van der Waals surface area contributed by atoms with E-state index in [2.05, 4.69) is 36.9 Å². The molecule has 1 amide bonds. The smallest absolute Gasteiger partial charge is 0.239 e. The maximum Gasteiger partial charge on any atom is 0.239 e. The van der Waals surface area contributed by atoms with Gasteiger partial charge in [0.05, 0.1) is 6.04 Å². The van der Waals surface area contributed by atoms with E-state index in [9.17, 15) is 4.79 Å². The lowest BCUT2D eigenvalue weighted by Gasteiger charge is -2.37. The fraction of sp³-hybridized carbons (Fsp3) is 0.562. The molecule has 110 valence electrons. The van der Waals surface area contributed by atoms with Crippen LogP contribution < -0.4 is 10.6 Å². The van der Waals surface area contributed by atoms with E-state index in [1.54, 1.807) is 0 Å². The topological polar surface area (TPSA) is 49.6 Å². The maximum absolute atomic E-state index is 12.1. The number of amides is 1. The maximum atomic E-state index is 12.1. The molecular weight excluding hydrogens is 250 g/mol. The molecule has 0 aromatic heterocycles. The van der Waals surface area contributed by atoms with Gasteiger partial charge in [0.15, 0.2) is 0 Å². The predicted molar refractivity (Wildman–Crippen MR) is 83.0 cm³/mol. The van der Waals surface area contributed by atoms with Crippen LogP contribution in [-0.4, -0.2) is 43.0 Å². The Bertz CT molecular complexity index is 479. The molecule has 4 heteroatoms. The van der Waals surface area contributed by atoms with Gasteiger partial charge in [-0.2, -0.15) is 0 Å². The van der Waals surface area contributed by atoms with Crippen molar-refractivity contribution in [3.63, 3.8) is 0 Å². The molecule has 20 heavy (non-hydrogen) atoms. The van der Waals surface area contributed by atoms with Gasteiger partial charge in [0.25, 0.3) is 0 Å². The van der Waals surface area contributed by atoms with Gasteiger partial charge < -0.3 is 15.5 Å². The van der Waals surface area contributed by atoms with Gasteiger partial charge in [-0.1, -0.05) is 19.1 Å². The van der Waals surface area contributed by atoms with Crippen molar-refractivity contribution in [2.24, 2.45) is 5.73 Å². The molecule has 1 saturated heterocycles. The summed E-state index contributed by atoms with van der Waals surface area (Å²) in [4.78, 5) is 16.3. The van der Waals surface area contributed by atoms with Gasteiger partial charge in [-0.3, -0.25) is 4.79 Å². The minimum absolute atomic E-state index is 0.0908. The van der Waals surface area contributed by atoms with Gasteiger partial charge in [-0.25, -0.2) is 0 Å². The van der Waals surface area contributed by atoms with E-state index in [1.807, 2.05) is 11.8 Å². The van der Waals surface area contributed by atoms with Gasteiger partial charge >= 0.3 is 0 Å². The van der Waals surface area contributed by atoms with Crippen LogP contribution in [0.1, 0.15) is 24.5 Å². The molecule has 1 atom stereocenters. The molecule has 1 heterocycles. The minimum Gasteiger partial charge on any atom is -0.368 e. The molecule has 1 aliphatic rings. The Morgan fingerprint density at radius 1 is 1.25 bits per heavy atom. The van der Waals surface area contributed by atoms with Crippen molar-refractivity contribution in [1.82, 2.24) is 4.90 Å². The summed E-state index contributed by atoms with van der Waals surface area (Å²) in [7, 11) is 0. The zero-order valence-corrected chi connectivity index (χ0v) is 12.7. The predicted octanol–water partition coefficient (Wildman–Crippen LogP) is 1.69.